The van der Waals surface area contributed by atoms with Gasteiger partial charge in [0.15, 0.2) is 5.78 Å². The molecule has 0 spiro atoms. The zero-order chi connectivity index (χ0) is 24.5. The van der Waals surface area contributed by atoms with Crippen LogP contribution >= 0.6 is 0 Å². The molecule has 0 bridgehead atoms. The maximum Gasteiger partial charge on any atom is 0.228 e. The van der Waals surface area contributed by atoms with Crippen LogP contribution in [0.25, 0.3) is 22.2 Å². The Hall–Kier alpha value is -3.78. The summed E-state index contributed by atoms with van der Waals surface area (Å²) in [5.74, 6) is 1.53. The van der Waals surface area contributed by atoms with Gasteiger partial charge in [0.05, 0.1) is 36.7 Å². The van der Waals surface area contributed by atoms with Gasteiger partial charge >= 0.3 is 0 Å². The molecule has 0 amide bonds. The van der Waals surface area contributed by atoms with Crippen molar-refractivity contribution in [2.45, 2.75) is 38.6 Å². The number of hydrogen-bond donors (Lipinski definition) is 1. The van der Waals surface area contributed by atoms with Crippen molar-refractivity contribution in [2.75, 3.05) is 36.5 Å². The van der Waals surface area contributed by atoms with Crippen molar-refractivity contribution >= 4 is 34.1 Å². The van der Waals surface area contributed by atoms with Crippen molar-refractivity contribution in [3.63, 3.8) is 0 Å². The predicted octanol–water partition coefficient (Wildman–Crippen LogP) is 5.39. The molecule has 1 N–H and O–H groups in total. The average molecular weight is 483 g/mol. The zero-order valence-electron chi connectivity index (χ0n) is 20.5. The lowest BCUT2D eigenvalue weighted by Gasteiger charge is -2.27. The molecule has 8 nitrogen and oxygen atoms in total. The molecule has 3 heterocycles. The van der Waals surface area contributed by atoms with E-state index in [9.17, 15) is 4.79 Å². The normalized spacial score (nSPS) is 16.2. The molecule has 2 aliphatic rings. The third kappa shape index (κ3) is 4.44. The van der Waals surface area contributed by atoms with Gasteiger partial charge in [-0.3, -0.25) is 9.48 Å². The van der Waals surface area contributed by atoms with E-state index in [-0.39, 0.29) is 5.78 Å². The molecule has 0 unspecified atom stereocenters. The fourth-order valence-electron chi connectivity index (χ4n) is 4.76. The summed E-state index contributed by atoms with van der Waals surface area (Å²) in [5, 5.41) is 9.23. The van der Waals surface area contributed by atoms with Crippen LogP contribution in [-0.2, 0) is 4.74 Å². The number of ether oxygens (including phenoxy) is 1. The molecule has 1 aliphatic carbocycles. The van der Waals surface area contributed by atoms with E-state index < -0.39 is 0 Å². The van der Waals surface area contributed by atoms with Gasteiger partial charge in [0.2, 0.25) is 5.95 Å². The van der Waals surface area contributed by atoms with Crippen LogP contribution in [0.3, 0.4) is 0 Å². The summed E-state index contributed by atoms with van der Waals surface area (Å²) < 4.78 is 7.71. The van der Waals surface area contributed by atoms with E-state index in [0.717, 1.165) is 46.5 Å². The summed E-state index contributed by atoms with van der Waals surface area (Å²) in [4.78, 5) is 24.0. The van der Waals surface area contributed by atoms with Gasteiger partial charge in [0.25, 0.3) is 0 Å². The lowest BCUT2D eigenvalue weighted by atomic mass is 9.93. The van der Waals surface area contributed by atoms with Crippen LogP contribution in [0.5, 0.6) is 0 Å². The van der Waals surface area contributed by atoms with Crippen molar-refractivity contribution in [1.82, 2.24) is 19.7 Å². The Balaban J connectivity index is 1.37. The smallest absolute Gasteiger partial charge is 0.228 e. The molecule has 1 saturated carbocycles. The predicted molar refractivity (Wildman–Crippen MR) is 141 cm³/mol. The minimum atomic E-state index is 0.136. The summed E-state index contributed by atoms with van der Waals surface area (Å²) >= 11 is 0. The first-order valence-electron chi connectivity index (χ1n) is 12.8. The van der Waals surface area contributed by atoms with Gasteiger partial charge in [-0.15, -0.1) is 0 Å². The first kappa shape index (κ1) is 22.7. The molecule has 184 valence electrons. The molecule has 2 aromatic carbocycles. The second-order valence-corrected chi connectivity index (χ2v) is 9.46. The maximum atomic E-state index is 12.0. The lowest BCUT2D eigenvalue weighted by molar-refractivity contribution is 0.0988. The maximum absolute atomic E-state index is 12.0. The molecule has 1 aliphatic heterocycles. The molecule has 6 rings (SSSR count). The highest BCUT2D eigenvalue weighted by Gasteiger charge is 2.22. The summed E-state index contributed by atoms with van der Waals surface area (Å²) in [7, 11) is 0. The number of carbonyl (C=O) groups excluding carboxylic acids is 1. The van der Waals surface area contributed by atoms with Gasteiger partial charge in [-0.05, 0) is 49.6 Å². The Bertz CT molecular complexity index is 1390. The molecule has 2 fully saturated rings. The van der Waals surface area contributed by atoms with Crippen molar-refractivity contribution in [1.29, 1.82) is 0 Å². The van der Waals surface area contributed by atoms with E-state index in [4.69, 9.17) is 14.7 Å². The summed E-state index contributed by atoms with van der Waals surface area (Å²) in [5.41, 5.74) is 4.63. The van der Waals surface area contributed by atoms with Crippen LogP contribution in [0.4, 0.5) is 17.5 Å². The quantitative estimate of drug-likeness (QED) is 0.354. The van der Waals surface area contributed by atoms with E-state index in [1.54, 1.807) is 0 Å². The molecule has 1 saturated heterocycles. The summed E-state index contributed by atoms with van der Waals surface area (Å²) in [6.07, 6.45) is 6.09. The first-order valence-corrected chi connectivity index (χ1v) is 12.8. The molecule has 2 aromatic heterocycles. The van der Waals surface area contributed by atoms with Crippen LogP contribution in [0.15, 0.2) is 54.7 Å². The van der Waals surface area contributed by atoms with Gasteiger partial charge < -0.3 is 15.0 Å². The molecule has 0 atom stereocenters. The second-order valence-electron chi connectivity index (χ2n) is 9.46. The van der Waals surface area contributed by atoms with E-state index in [2.05, 4.69) is 38.2 Å². The number of ketones is 1. The second kappa shape index (κ2) is 9.70. The zero-order valence-corrected chi connectivity index (χ0v) is 20.5. The van der Waals surface area contributed by atoms with Gasteiger partial charge in [0.1, 0.15) is 5.82 Å². The molecule has 0 radical (unpaired) electrons. The highest BCUT2D eigenvalue weighted by molar-refractivity contribution is 5.96. The number of morpholine rings is 1. The van der Waals surface area contributed by atoms with E-state index >= 15 is 0 Å². The molecule has 4 aromatic rings. The van der Waals surface area contributed by atoms with Crippen LogP contribution < -0.4 is 10.2 Å². The Morgan fingerprint density at radius 1 is 1.06 bits per heavy atom. The van der Waals surface area contributed by atoms with Crippen LogP contribution in [0.1, 0.15) is 49.0 Å². The number of benzene rings is 2. The number of aromatic nitrogens is 4. The standard InChI is InChI=1S/C28H30N6O2/c1-2-26(35)19-8-10-22(11-9-19)30-27-17-24(31-28(32-27)33-12-14-36-15-13-33)20-6-7-21-18-29-34(25(21)16-20)23-4-3-5-23/h6-11,16-18,23H,2-5,12-15H2,1H3,(H,30,31,32). The minimum absolute atomic E-state index is 0.136. The van der Waals surface area contributed by atoms with Crippen LogP contribution in [-0.4, -0.2) is 51.8 Å². The van der Waals surface area contributed by atoms with Gasteiger partial charge in [-0.25, -0.2) is 4.98 Å². The lowest BCUT2D eigenvalue weighted by Crippen LogP contribution is -2.37. The number of fused-ring (bicyclic) bond motifs is 1. The fraction of sp³-hybridized carbons (Fsp3) is 0.357. The molecular formula is C28H30N6O2. The Morgan fingerprint density at radius 2 is 1.86 bits per heavy atom. The highest BCUT2D eigenvalue weighted by Crippen LogP contribution is 2.35. The van der Waals surface area contributed by atoms with E-state index in [1.165, 1.54) is 19.3 Å². The first-order chi connectivity index (χ1) is 17.7. The van der Waals surface area contributed by atoms with Crippen molar-refractivity contribution in [3.05, 3.63) is 60.3 Å². The van der Waals surface area contributed by atoms with Crippen LogP contribution in [0.2, 0.25) is 0 Å². The highest BCUT2D eigenvalue weighted by atomic mass is 16.5. The fourth-order valence-corrected chi connectivity index (χ4v) is 4.76. The SMILES string of the molecule is CCC(=O)c1ccc(Nc2cc(-c3ccc4cnn(C5CCC5)c4c3)nc(N3CCOCC3)n2)cc1. The van der Waals surface area contributed by atoms with Crippen molar-refractivity contribution in [3.8, 4) is 11.3 Å². The van der Waals surface area contributed by atoms with Crippen molar-refractivity contribution < 1.29 is 9.53 Å². The number of nitrogens with one attached hydrogen (secondary N) is 1. The Labute approximate surface area is 210 Å². The van der Waals surface area contributed by atoms with E-state index in [0.29, 0.717) is 37.4 Å². The number of nitrogens with zero attached hydrogens (tertiary/aromatic N) is 5. The Morgan fingerprint density at radius 3 is 2.58 bits per heavy atom. The number of rotatable bonds is 7. The third-order valence-corrected chi connectivity index (χ3v) is 7.12. The van der Waals surface area contributed by atoms with Gasteiger partial charge in [-0.1, -0.05) is 19.1 Å². The summed E-state index contributed by atoms with van der Waals surface area (Å²) in [6.45, 7) is 4.71. The van der Waals surface area contributed by atoms with Gasteiger partial charge in [-0.2, -0.15) is 10.1 Å². The largest absolute Gasteiger partial charge is 0.378 e. The summed E-state index contributed by atoms with van der Waals surface area (Å²) in [6, 6.07) is 16.5. The number of hydrogen-bond acceptors (Lipinski definition) is 7. The number of Topliss-reactive ketones (excluding diaryl/α,β-unsaturated/α-hetero) is 1. The molecule has 8 heteroatoms. The topological polar surface area (TPSA) is 85.2 Å². The van der Waals surface area contributed by atoms with Gasteiger partial charge in [0, 0.05) is 47.8 Å². The van der Waals surface area contributed by atoms with Crippen molar-refractivity contribution in [2.24, 2.45) is 0 Å². The number of anilines is 3. The minimum Gasteiger partial charge on any atom is -0.378 e. The third-order valence-electron chi connectivity index (χ3n) is 7.12. The number of carbonyl (C=O) groups is 1. The monoisotopic (exact) mass is 482 g/mol. The Kier molecular flexibility index (Phi) is 6.11. The molecule has 36 heavy (non-hydrogen) atoms. The molecular weight excluding hydrogens is 452 g/mol. The van der Waals surface area contributed by atoms with E-state index in [1.807, 2.05) is 43.5 Å². The van der Waals surface area contributed by atoms with Crippen LogP contribution in [0, 0.1) is 0 Å². The average Bonchev–Trinajstić information content (AvgIpc) is 3.30.